The van der Waals surface area contributed by atoms with Gasteiger partial charge in [0.25, 0.3) is 0 Å². The summed E-state index contributed by atoms with van der Waals surface area (Å²) in [6, 6.07) is 8.13. The van der Waals surface area contributed by atoms with Crippen molar-refractivity contribution in [2.45, 2.75) is 39.2 Å². The fraction of sp³-hybridized carbons (Fsp3) is 0.375. The second-order valence-electron chi connectivity index (χ2n) is 5.03. The van der Waals surface area contributed by atoms with Crippen LogP contribution in [0.3, 0.4) is 0 Å². The van der Waals surface area contributed by atoms with E-state index < -0.39 is 5.92 Å². The van der Waals surface area contributed by atoms with Gasteiger partial charge in [-0.15, -0.1) is 0 Å². The maximum absolute atomic E-state index is 9.51. The Morgan fingerprint density at radius 1 is 1.33 bits per heavy atom. The van der Waals surface area contributed by atoms with Crippen molar-refractivity contribution in [3.8, 4) is 6.07 Å². The molecule has 0 spiro atoms. The summed E-state index contributed by atoms with van der Waals surface area (Å²) in [5.74, 6) is 0.0767. The third kappa shape index (κ3) is 3.54. The third-order valence-electron chi connectivity index (χ3n) is 3.38. The molecular weight excluding hydrogens is 262 g/mol. The molecule has 0 fully saturated rings. The maximum atomic E-state index is 9.51. The molecule has 0 aromatic carbocycles. The van der Waals surface area contributed by atoms with Crippen LogP contribution in [0.15, 0.2) is 30.6 Å². The van der Waals surface area contributed by atoms with Crippen molar-refractivity contribution in [1.82, 2.24) is 15.0 Å². The predicted octanol–water partition coefficient (Wildman–Crippen LogP) is 3.05. The zero-order valence-electron chi connectivity index (χ0n) is 12.5. The number of pyridine rings is 1. The van der Waals surface area contributed by atoms with Gasteiger partial charge >= 0.3 is 0 Å². The van der Waals surface area contributed by atoms with Crippen molar-refractivity contribution < 1.29 is 0 Å². The summed E-state index contributed by atoms with van der Waals surface area (Å²) >= 11 is 0. The number of nitriles is 1. The second kappa shape index (κ2) is 6.80. The Kier molecular flexibility index (Phi) is 4.83. The summed E-state index contributed by atoms with van der Waals surface area (Å²) in [5, 5.41) is 12.7. The average molecular weight is 281 g/mol. The van der Waals surface area contributed by atoms with Crippen LogP contribution >= 0.6 is 0 Å². The highest BCUT2D eigenvalue weighted by molar-refractivity contribution is 5.38. The molecule has 0 aliphatic carbocycles. The molecule has 0 bridgehead atoms. The van der Waals surface area contributed by atoms with Gasteiger partial charge in [-0.1, -0.05) is 13.0 Å². The summed E-state index contributed by atoms with van der Waals surface area (Å²) in [5.41, 5.74) is 2.30. The molecule has 0 saturated heterocycles. The molecule has 0 saturated carbocycles. The lowest BCUT2D eigenvalue weighted by molar-refractivity contribution is 0.748. The van der Waals surface area contributed by atoms with Crippen LogP contribution < -0.4 is 5.32 Å². The minimum atomic E-state index is -0.480. The topological polar surface area (TPSA) is 74.5 Å². The molecule has 2 rings (SSSR count). The summed E-state index contributed by atoms with van der Waals surface area (Å²) in [4.78, 5) is 13.1. The van der Waals surface area contributed by atoms with Crippen molar-refractivity contribution in [2.24, 2.45) is 0 Å². The molecule has 2 atom stereocenters. The Morgan fingerprint density at radius 3 is 2.76 bits per heavy atom. The number of hydrogen-bond donors (Lipinski definition) is 1. The Bertz CT molecular complexity index is 633. The molecule has 2 heterocycles. The fourth-order valence-electron chi connectivity index (χ4n) is 1.95. The lowest BCUT2D eigenvalue weighted by atomic mass is 9.99. The van der Waals surface area contributed by atoms with Crippen molar-refractivity contribution in [2.75, 3.05) is 5.32 Å². The van der Waals surface area contributed by atoms with E-state index in [9.17, 15) is 5.26 Å². The first kappa shape index (κ1) is 14.9. The summed E-state index contributed by atoms with van der Waals surface area (Å²) in [6.07, 6.45) is 4.42. The van der Waals surface area contributed by atoms with Gasteiger partial charge in [0, 0.05) is 18.4 Å². The van der Waals surface area contributed by atoms with Crippen LogP contribution in [-0.4, -0.2) is 21.0 Å². The number of aryl methyl sites for hydroxylation is 1. The summed E-state index contributed by atoms with van der Waals surface area (Å²) < 4.78 is 0. The molecule has 0 aliphatic heterocycles. The Labute approximate surface area is 125 Å². The zero-order valence-corrected chi connectivity index (χ0v) is 12.5. The van der Waals surface area contributed by atoms with Gasteiger partial charge in [0.2, 0.25) is 5.95 Å². The molecule has 2 aromatic heterocycles. The van der Waals surface area contributed by atoms with E-state index in [1.54, 1.807) is 12.4 Å². The number of nitrogens with one attached hydrogen (secondary N) is 1. The molecule has 0 amide bonds. The monoisotopic (exact) mass is 281 g/mol. The molecule has 2 unspecified atom stereocenters. The van der Waals surface area contributed by atoms with Crippen LogP contribution in [0.4, 0.5) is 5.95 Å². The number of hydrogen-bond acceptors (Lipinski definition) is 5. The fourth-order valence-corrected chi connectivity index (χ4v) is 1.95. The van der Waals surface area contributed by atoms with Gasteiger partial charge in [-0.25, -0.2) is 9.97 Å². The molecule has 1 N–H and O–H groups in total. The van der Waals surface area contributed by atoms with Gasteiger partial charge in [-0.3, -0.25) is 4.98 Å². The van der Waals surface area contributed by atoms with E-state index in [1.807, 2.05) is 25.1 Å². The average Bonchev–Trinajstić information content (AvgIpc) is 2.52. The summed E-state index contributed by atoms with van der Waals surface area (Å²) in [7, 11) is 0. The molecule has 108 valence electrons. The van der Waals surface area contributed by atoms with Crippen LogP contribution in [0.5, 0.6) is 0 Å². The van der Waals surface area contributed by atoms with Crippen LogP contribution in [0.1, 0.15) is 43.1 Å². The van der Waals surface area contributed by atoms with E-state index in [0.29, 0.717) is 17.3 Å². The van der Waals surface area contributed by atoms with Crippen LogP contribution in [0.2, 0.25) is 0 Å². The van der Waals surface area contributed by atoms with Crippen molar-refractivity contribution in [1.29, 1.82) is 5.26 Å². The van der Waals surface area contributed by atoms with Crippen molar-refractivity contribution >= 4 is 5.95 Å². The minimum absolute atomic E-state index is 0.288. The van der Waals surface area contributed by atoms with Crippen molar-refractivity contribution in [3.05, 3.63) is 47.5 Å². The highest BCUT2D eigenvalue weighted by Crippen LogP contribution is 2.24. The van der Waals surface area contributed by atoms with Crippen LogP contribution in [0, 0.1) is 18.3 Å². The van der Waals surface area contributed by atoms with Gasteiger partial charge in [-0.05, 0) is 38.0 Å². The minimum Gasteiger partial charge on any atom is -0.352 e. The number of anilines is 1. The molecule has 5 heteroatoms. The van der Waals surface area contributed by atoms with Gasteiger partial charge in [0.05, 0.1) is 17.5 Å². The van der Waals surface area contributed by atoms with Gasteiger partial charge < -0.3 is 5.32 Å². The van der Waals surface area contributed by atoms with E-state index in [0.717, 1.165) is 12.0 Å². The SMILES string of the molecule is CCC(C)Nc1ncc(C)c(C(C#N)c2ccccn2)n1. The Balaban J connectivity index is 2.37. The van der Waals surface area contributed by atoms with Crippen LogP contribution in [0.25, 0.3) is 0 Å². The molecule has 2 aromatic rings. The van der Waals surface area contributed by atoms with E-state index in [4.69, 9.17) is 0 Å². The Morgan fingerprint density at radius 2 is 2.14 bits per heavy atom. The largest absolute Gasteiger partial charge is 0.352 e. The van der Waals surface area contributed by atoms with Gasteiger partial charge in [0.1, 0.15) is 5.92 Å². The third-order valence-corrected chi connectivity index (χ3v) is 3.38. The lowest BCUT2D eigenvalue weighted by Gasteiger charge is -2.15. The highest BCUT2D eigenvalue weighted by Gasteiger charge is 2.19. The molecule has 0 aliphatic rings. The maximum Gasteiger partial charge on any atom is 0.223 e. The number of rotatable bonds is 5. The first-order valence-corrected chi connectivity index (χ1v) is 7.06. The number of aromatic nitrogens is 3. The molecular formula is C16H19N5. The van der Waals surface area contributed by atoms with Crippen LogP contribution in [-0.2, 0) is 0 Å². The van der Waals surface area contributed by atoms with E-state index in [2.05, 4.69) is 40.2 Å². The molecule has 5 nitrogen and oxygen atoms in total. The zero-order chi connectivity index (χ0) is 15.2. The first-order valence-electron chi connectivity index (χ1n) is 7.06. The van der Waals surface area contributed by atoms with E-state index in [-0.39, 0.29) is 6.04 Å². The van der Waals surface area contributed by atoms with E-state index in [1.165, 1.54) is 0 Å². The quantitative estimate of drug-likeness (QED) is 0.911. The number of nitrogens with zero attached hydrogens (tertiary/aromatic N) is 4. The highest BCUT2D eigenvalue weighted by atomic mass is 15.1. The van der Waals surface area contributed by atoms with Gasteiger partial charge in [-0.2, -0.15) is 5.26 Å². The predicted molar refractivity (Wildman–Crippen MR) is 81.8 cm³/mol. The first-order chi connectivity index (χ1) is 10.2. The molecule has 0 radical (unpaired) electrons. The summed E-state index contributed by atoms with van der Waals surface area (Å²) in [6.45, 7) is 6.08. The van der Waals surface area contributed by atoms with E-state index >= 15 is 0 Å². The molecule has 21 heavy (non-hydrogen) atoms. The Hall–Kier alpha value is -2.48. The van der Waals surface area contributed by atoms with Gasteiger partial charge in [0.15, 0.2) is 0 Å². The normalized spacial score (nSPS) is 13.2. The van der Waals surface area contributed by atoms with Crippen molar-refractivity contribution in [3.63, 3.8) is 0 Å². The second-order valence-corrected chi connectivity index (χ2v) is 5.03. The smallest absolute Gasteiger partial charge is 0.223 e. The standard InChI is InChI=1S/C16H19N5/c1-4-12(3)20-16-19-10-11(2)15(21-16)13(9-17)14-7-5-6-8-18-14/h5-8,10,12-13H,4H2,1-3H3,(H,19,20,21). The lowest BCUT2D eigenvalue weighted by Crippen LogP contribution is -2.17.